The summed E-state index contributed by atoms with van der Waals surface area (Å²) in [4.78, 5) is 9.95. The lowest BCUT2D eigenvalue weighted by atomic mass is 10.0. The van der Waals surface area contributed by atoms with Crippen LogP contribution in [0.3, 0.4) is 0 Å². The zero-order chi connectivity index (χ0) is 15.6. The van der Waals surface area contributed by atoms with Crippen LogP contribution in [0.4, 0.5) is 5.69 Å². The quantitative estimate of drug-likeness (QED) is 0.401. The molecule has 1 aliphatic heterocycles. The fourth-order valence-corrected chi connectivity index (χ4v) is 1.87. The Hall–Kier alpha value is -1.78. The van der Waals surface area contributed by atoms with E-state index in [-0.39, 0.29) is 18.0 Å². The van der Waals surface area contributed by atoms with Gasteiger partial charge in [-0.2, -0.15) is 0 Å². The molecule has 0 saturated carbocycles. The average molecular weight is 301 g/mol. The van der Waals surface area contributed by atoms with Gasteiger partial charge in [0.05, 0.1) is 11.5 Å². The van der Waals surface area contributed by atoms with E-state index in [1.807, 2.05) is 0 Å². The predicted molar refractivity (Wildman–Crippen MR) is 67.5 cm³/mol. The van der Waals surface area contributed by atoms with Crippen molar-refractivity contribution in [2.75, 3.05) is 6.61 Å². The van der Waals surface area contributed by atoms with Crippen molar-refractivity contribution in [2.24, 2.45) is 0 Å². The van der Waals surface area contributed by atoms with E-state index in [4.69, 9.17) is 9.47 Å². The van der Waals surface area contributed by atoms with Gasteiger partial charge in [-0.05, 0) is 12.1 Å². The van der Waals surface area contributed by atoms with E-state index in [9.17, 15) is 30.5 Å². The Morgan fingerprint density at radius 2 is 1.71 bits per heavy atom. The first-order valence-electron chi connectivity index (χ1n) is 6.15. The highest BCUT2D eigenvalue weighted by atomic mass is 16.7. The van der Waals surface area contributed by atoms with E-state index in [1.54, 1.807) is 0 Å². The molecule has 5 atom stereocenters. The fourth-order valence-electron chi connectivity index (χ4n) is 1.87. The van der Waals surface area contributed by atoms with Gasteiger partial charge in [0.1, 0.15) is 30.2 Å². The Morgan fingerprint density at radius 3 is 2.29 bits per heavy atom. The van der Waals surface area contributed by atoms with Crippen molar-refractivity contribution in [1.82, 2.24) is 0 Å². The molecule has 1 aliphatic rings. The van der Waals surface area contributed by atoms with Crippen molar-refractivity contribution >= 4 is 5.69 Å². The van der Waals surface area contributed by atoms with Crippen LogP contribution in [0, 0.1) is 10.1 Å². The van der Waals surface area contributed by atoms with Gasteiger partial charge in [-0.1, -0.05) is 0 Å². The van der Waals surface area contributed by atoms with E-state index in [2.05, 4.69) is 0 Å². The second-order valence-corrected chi connectivity index (χ2v) is 4.61. The van der Waals surface area contributed by atoms with Crippen LogP contribution >= 0.6 is 0 Å². The molecule has 4 N–H and O–H groups in total. The number of nitro benzene ring substituents is 1. The van der Waals surface area contributed by atoms with Gasteiger partial charge in [0.2, 0.25) is 6.29 Å². The smallest absolute Gasteiger partial charge is 0.269 e. The number of benzene rings is 1. The molecule has 0 aromatic heterocycles. The van der Waals surface area contributed by atoms with Crippen LogP contribution in [0.2, 0.25) is 0 Å². The minimum absolute atomic E-state index is 0.129. The maximum atomic E-state index is 10.5. The summed E-state index contributed by atoms with van der Waals surface area (Å²) in [5, 5.41) is 49.0. The number of hydrogen-bond acceptors (Lipinski definition) is 8. The molecule has 21 heavy (non-hydrogen) atoms. The van der Waals surface area contributed by atoms with Crippen molar-refractivity contribution in [3.8, 4) is 5.75 Å². The molecule has 1 aromatic rings. The second kappa shape index (κ2) is 6.33. The number of non-ortho nitro benzene ring substituents is 1. The molecular formula is C12H15NO8. The molecule has 0 spiro atoms. The van der Waals surface area contributed by atoms with Gasteiger partial charge in [0, 0.05) is 12.1 Å². The monoisotopic (exact) mass is 301 g/mol. The molecule has 1 fully saturated rings. The number of hydrogen-bond donors (Lipinski definition) is 4. The van der Waals surface area contributed by atoms with Gasteiger partial charge < -0.3 is 29.9 Å². The Balaban J connectivity index is 2.09. The molecule has 1 saturated heterocycles. The third-order valence-electron chi connectivity index (χ3n) is 3.10. The third-order valence-corrected chi connectivity index (χ3v) is 3.10. The maximum Gasteiger partial charge on any atom is 0.269 e. The summed E-state index contributed by atoms with van der Waals surface area (Å²) in [6, 6.07) is 5.02. The lowest BCUT2D eigenvalue weighted by Crippen LogP contribution is -2.47. The number of ether oxygens (including phenoxy) is 2. The van der Waals surface area contributed by atoms with Gasteiger partial charge in [0.15, 0.2) is 0 Å². The van der Waals surface area contributed by atoms with E-state index >= 15 is 0 Å². The summed E-state index contributed by atoms with van der Waals surface area (Å²) in [7, 11) is 0. The molecule has 0 amide bonds. The number of aliphatic hydroxyl groups is 4. The van der Waals surface area contributed by atoms with Gasteiger partial charge >= 0.3 is 0 Å². The first kappa shape index (κ1) is 15.6. The molecule has 9 heteroatoms. The van der Waals surface area contributed by atoms with E-state index in [0.29, 0.717) is 0 Å². The summed E-state index contributed by atoms with van der Waals surface area (Å²) in [5.74, 6) is 0.169. The third kappa shape index (κ3) is 3.46. The zero-order valence-corrected chi connectivity index (χ0v) is 10.8. The summed E-state index contributed by atoms with van der Waals surface area (Å²) in [6.45, 7) is -0.340. The topological polar surface area (TPSA) is 143 Å². The average Bonchev–Trinajstić information content (AvgIpc) is 2.56. The van der Waals surface area contributed by atoms with Gasteiger partial charge in [0.25, 0.3) is 5.69 Å². The van der Waals surface area contributed by atoms with E-state index in [0.717, 1.165) is 0 Å². The minimum Gasteiger partial charge on any atom is -0.462 e. The second-order valence-electron chi connectivity index (χ2n) is 4.61. The van der Waals surface area contributed by atoms with Gasteiger partial charge in [-0.3, -0.25) is 10.1 Å². The van der Waals surface area contributed by atoms with Crippen LogP contribution in [0.15, 0.2) is 24.3 Å². The minimum atomic E-state index is -1.65. The molecule has 116 valence electrons. The molecule has 9 nitrogen and oxygen atoms in total. The van der Waals surface area contributed by atoms with Gasteiger partial charge in [-0.15, -0.1) is 0 Å². The van der Waals surface area contributed by atoms with Crippen LogP contribution in [0.5, 0.6) is 5.75 Å². The lowest BCUT2D eigenvalue weighted by molar-refractivity contribution is -0.384. The highest BCUT2D eigenvalue weighted by Gasteiger charge is 2.40. The van der Waals surface area contributed by atoms with E-state index < -0.39 is 35.6 Å². The van der Waals surface area contributed by atoms with Crippen molar-refractivity contribution in [3.05, 3.63) is 34.4 Å². The standard InChI is InChI=1S/C12H15NO8/c14-8-5-20-12(11(17)10(16)9(8)15)21-7-3-1-6(2-4-7)13(18)19/h1-4,8-12,14-17H,5H2/t8-,9+,10-,11+,12+/m0/s1. The largest absolute Gasteiger partial charge is 0.462 e. The summed E-state index contributed by atoms with van der Waals surface area (Å²) in [6.07, 6.45) is -7.49. The highest BCUT2D eigenvalue weighted by Crippen LogP contribution is 2.22. The Kier molecular flexibility index (Phi) is 4.70. The molecular weight excluding hydrogens is 286 g/mol. The fraction of sp³-hybridized carbons (Fsp3) is 0.500. The first-order valence-corrected chi connectivity index (χ1v) is 6.15. The van der Waals surface area contributed by atoms with Crippen molar-refractivity contribution in [2.45, 2.75) is 30.7 Å². The summed E-state index contributed by atoms with van der Waals surface area (Å²) < 4.78 is 10.3. The van der Waals surface area contributed by atoms with Crippen molar-refractivity contribution in [1.29, 1.82) is 0 Å². The Bertz CT molecular complexity index is 493. The van der Waals surface area contributed by atoms with E-state index in [1.165, 1.54) is 24.3 Å². The van der Waals surface area contributed by atoms with Crippen molar-refractivity contribution in [3.63, 3.8) is 0 Å². The number of nitro groups is 1. The Morgan fingerprint density at radius 1 is 1.10 bits per heavy atom. The lowest BCUT2D eigenvalue weighted by Gasteiger charge is -2.25. The molecule has 0 unspecified atom stereocenters. The van der Waals surface area contributed by atoms with Crippen LogP contribution in [0.1, 0.15) is 0 Å². The molecule has 1 heterocycles. The van der Waals surface area contributed by atoms with Crippen molar-refractivity contribution < 1.29 is 34.8 Å². The Labute approximate surface area is 119 Å². The normalized spacial score (nSPS) is 33.2. The van der Waals surface area contributed by atoms with Crippen LogP contribution in [-0.2, 0) is 4.74 Å². The van der Waals surface area contributed by atoms with Crippen LogP contribution in [0.25, 0.3) is 0 Å². The van der Waals surface area contributed by atoms with Crippen LogP contribution < -0.4 is 4.74 Å². The number of rotatable bonds is 3. The first-order chi connectivity index (χ1) is 9.90. The molecule has 0 aliphatic carbocycles. The maximum absolute atomic E-state index is 10.5. The predicted octanol–water partition coefficient (Wildman–Crippen LogP) is -1.23. The molecule has 0 bridgehead atoms. The summed E-state index contributed by atoms with van der Waals surface area (Å²) in [5.41, 5.74) is -0.129. The summed E-state index contributed by atoms with van der Waals surface area (Å²) >= 11 is 0. The molecule has 2 rings (SSSR count). The molecule has 0 radical (unpaired) electrons. The SMILES string of the molecule is O=[N+]([O-])c1ccc(O[C@H]2OC[C@H](O)[C@@H](O)[C@H](O)[C@H]2O)cc1. The highest BCUT2D eigenvalue weighted by molar-refractivity contribution is 5.36. The number of nitrogens with zero attached hydrogens (tertiary/aromatic N) is 1. The number of aliphatic hydroxyl groups excluding tert-OH is 4. The van der Waals surface area contributed by atoms with Crippen LogP contribution in [-0.4, -0.2) is 62.7 Å². The zero-order valence-electron chi connectivity index (χ0n) is 10.8. The van der Waals surface area contributed by atoms with Gasteiger partial charge in [-0.25, -0.2) is 0 Å². The molecule has 1 aromatic carbocycles.